The van der Waals surface area contributed by atoms with Crippen molar-refractivity contribution in [2.24, 2.45) is 0 Å². The van der Waals surface area contributed by atoms with E-state index >= 15 is 0 Å². The Labute approximate surface area is 129 Å². The molecule has 2 rings (SSSR count). The first kappa shape index (κ1) is 16.2. The largest absolute Gasteiger partial charge is 0.444 e. The van der Waals surface area contributed by atoms with Gasteiger partial charge in [-0.2, -0.15) is 0 Å². The van der Waals surface area contributed by atoms with Crippen LogP contribution >= 0.6 is 0 Å². The molecular weight excluding hydrogens is 287 g/mol. The smallest absolute Gasteiger partial charge is 0.410 e. The molecule has 6 heteroatoms. The molecule has 0 saturated carbocycles. The summed E-state index contributed by atoms with van der Waals surface area (Å²) in [5, 5.41) is 9.87. The minimum absolute atomic E-state index is 0.128. The van der Waals surface area contributed by atoms with Gasteiger partial charge in [-0.1, -0.05) is 6.07 Å². The molecule has 0 spiro atoms. The van der Waals surface area contributed by atoms with Crippen molar-refractivity contribution >= 4 is 11.8 Å². The van der Waals surface area contributed by atoms with Crippen LogP contribution in [-0.4, -0.2) is 34.3 Å². The van der Waals surface area contributed by atoms with E-state index in [-0.39, 0.29) is 12.2 Å². The third kappa shape index (κ3) is 3.74. The maximum atomic E-state index is 13.6. The summed E-state index contributed by atoms with van der Waals surface area (Å²) in [7, 11) is 0. The normalized spacial score (nSPS) is 21.5. The Morgan fingerprint density at radius 1 is 1.45 bits per heavy atom. The van der Waals surface area contributed by atoms with E-state index in [1.807, 2.05) is 0 Å². The number of hydrogen-bond donors (Lipinski definition) is 1. The Balaban J connectivity index is 2.30. The lowest BCUT2D eigenvalue weighted by Crippen LogP contribution is -2.37. The molecular formula is C16H19FN2O3. The van der Waals surface area contributed by atoms with Crippen molar-refractivity contribution in [2.45, 2.75) is 44.9 Å². The average Bonchev–Trinajstić information content (AvgIpc) is 2.78. The van der Waals surface area contributed by atoms with Gasteiger partial charge < -0.3 is 9.84 Å². The summed E-state index contributed by atoms with van der Waals surface area (Å²) in [4.78, 5) is 16.9. The number of halogens is 1. The second-order valence-corrected chi connectivity index (χ2v) is 6.39. The molecule has 118 valence electrons. The fourth-order valence-corrected chi connectivity index (χ4v) is 2.51. The summed E-state index contributed by atoms with van der Waals surface area (Å²) < 4.78 is 19.0. The SMILES string of the molecule is [C-]#[N+]c1cc(F)cc([C@@H]2C[C@@H](O)CN2C(=O)OC(C)(C)C)c1. The summed E-state index contributed by atoms with van der Waals surface area (Å²) in [5.41, 5.74) is 0.00707. The number of carbonyl (C=O) groups excluding carboxylic acids is 1. The minimum Gasteiger partial charge on any atom is -0.444 e. The predicted molar refractivity (Wildman–Crippen MR) is 79.0 cm³/mol. The first-order chi connectivity index (χ1) is 10.2. The van der Waals surface area contributed by atoms with Crippen LogP contribution in [0.4, 0.5) is 14.9 Å². The molecule has 0 unspecified atom stereocenters. The standard InChI is InChI=1S/C16H19FN2O3/c1-16(2,3)22-15(21)19-9-13(20)8-14(19)10-5-11(17)7-12(6-10)18-4/h5-7,13-14,20H,8-9H2,1-3H3/t13-,14+/m1/s1. The number of likely N-dealkylation sites (tertiary alicyclic amines) is 1. The second kappa shape index (κ2) is 5.93. The Hall–Kier alpha value is -2.13. The molecule has 5 nitrogen and oxygen atoms in total. The third-order valence-corrected chi connectivity index (χ3v) is 3.33. The van der Waals surface area contributed by atoms with Crippen LogP contribution in [0.25, 0.3) is 4.85 Å². The van der Waals surface area contributed by atoms with Crippen molar-refractivity contribution in [3.05, 3.63) is 41.0 Å². The molecule has 1 aliphatic rings. The van der Waals surface area contributed by atoms with Gasteiger partial charge in [0.2, 0.25) is 0 Å². The van der Waals surface area contributed by atoms with Gasteiger partial charge in [-0.15, -0.1) is 0 Å². The zero-order valence-corrected chi connectivity index (χ0v) is 12.8. The number of benzene rings is 1. The monoisotopic (exact) mass is 306 g/mol. The van der Waals surface area contributed by atoms with Crippen molar-refractivity contribution in [3.63, 3.8) is 0 Å². The van der Waals surface area contributed by atoms with E-state index in [0.717, 1.165) is 6.07 Å². The van der Waals surface area contributed by atoms with E-state index in [4.69, 9.17) is 11.3 Å². The zero-order chi connectivity index (χ0) is 16.5. The highest BCUT2D eigenvalue weighted by Gasteiger charge is 2.37. The molecule has 0 radical (unpaired) electrons. The summed E-state index contributed by atoms with van der Waals surface area (Å²) >= 11 is 0. The Bertz CT molecular complexity index is 619. The Morgan fingerprint density at radius 2 is 2.14 bits per heavy atom. The summed E-state index contributed by atoms with van der Waals surface area (Å²) in [6.07, 6.45) is -0.958. The van der Waals surface area contributed by atoms with Gasteiger partial charge in [-0.3, -0.25) is 4.90 Å². The summed E-state index contributed by atoms with van der Waals surface area (Å²) in [6.45, 7) is 12.4. The van der Waals surface area contributed by atoms with Gasteiger partial charge >= 0.3 is 6.09 Å². The quantitative estimate of drug-likeness (QED) is 0.809. The molecule has 1 saturated heterocycles. The molecule has 1 aromatic rings. The van der Waals surface area contributed by atoms with Gasteiger partial charge in [0.25, 0.3) is 0 Å². The van der Waals surface area contributed by atoms with Crippen LogP contribution in [0.3, 0.4) is 0 Å². The van der Waals surface area contributed by atoms with E-state index in [9.17, 15) is 14.3 Å². The van der Waals surface area contributed by atoms with E-state index in [1.165, 1.54) is 17.0 Å². The summed E-state index contributed by atoms with van der Waals surface area (Å²) in [5.74, 6) is -0.533. The number of hydrogen-bond acceptors (Lipinski definition) is 3. The molecule has 22 heavy (non-hydrogen) atoms. The van der Waals surface area contributed by atoms with Crippen LogP contribution in [0.2, 0.25) is 0 Å². The highest BCUT2D eigenvalue weighted by atomic mass is 19.1. The predicted octanol–water partition coefficient (Wildman–Crippen LogP) is 3.42. The van der Waals surface area contributed by atoms with E-state index < -0.39 is 29.7 Å². The maximum Gasteiger partial charge on any atom is 0.410 e. The maximum absolute atomic E-state index is 13.6. The van der Waals surface area contributed by atoms with E-state index in [2.05, 4.69) is 4.85 Å². The van der Waals surface area contributed by atoms with Crippen LogP contribution in [0.5, 0.6) is 0 Å². The van der Waals surface area contributed by atoms with Gasteiger partial charge in [0.05, 0.1) is 25.3 Å². The first-order valence-corrected chi connectivity index (χ1v) is 7.05. The van der Waals surface area contributed by atoms with Crippen LogP contribution in [0.1, 0.15) is 38.8 Å². The number of rotatable bonds is 1. The minimum atomic E-state index is -0.697. The highest BCUT2D eigenvalue weighted by Crippen LogP contribution is 2.35. The molecule has 1 fully saturated rings. The van der Waals surface area contributed by atoms with Gasteiger partial charge in [-0.25, -0.2) is 14.0 Å². The number of aliphatic hydroxyl groups excluding tert-OH is 1. The van der Waals surface area contributed by atoms with Crippen LogP contribution in [0.15, 0.2) is 18.2 Å². The van der Waals surface area contributed by atoms with E-state index in [0.29, 0.717) is 12.0 Å². The van der Waals surface area contributed by atoms with Crippen molar-refractivity contribution in [1.82, 2.24) is 4.90 Å². The van der Waals surface area contributed by atoms with Crippen LogP contribution in [0, 0.1) is 12.4 Å². The number of aliphatic hydroxyl groups is 1. The molecule has 0 aromatic heterocycles. The number of carbonyl (C=O) groups is 1. The molecule has 1 aromatic carbocycles. The zero-order valence-electron chi connectivity index (χ0n) is 12.8. The fraction of sp³-hybridized carbons (Fsp3) is 0.500. The third-order valence-electron chi connectivity index (χ3n) is 3.33. The first-order valence-electron chi connectivity index (χ1n) is 7.05. The molecule has 1 amide bonds. The molecule has 2 atom stereocenters. The second-order valence-electron chi connectivity index (χ2n) is 6.39. The number of β-amino-alcohol motifs (C(OH)–C–C–N with tert-alkyl or cyclic N) is 1. The van der Waals surface area contributed by atoms with Crippen molar-refractivity contribution < 1.29 is 19.0 Å². The lowest BCUT2D eigenvalue weighted by molar-refractivity contribution is 0.0206. The molecule has 1 heterocycles. The Kier molecular flexibility index (Phi) is 4.38. The van der Waals surface area contributed by atoms with Crippen molar-refractivity contribution in [3.8, 4) is 0 Å². The molecule has 1 N–H and O–H groups in total. The van der Waals surface area contributed by atoms with Gasteiger partial charge in [0.15, 0.2) is 5.69 Å². The lowest BCUT2D eigenvalue weighted by atomic mass is 10.0. The Morgan fingerprint density at radius 3 is 2.73 bits per heavy atom. The molecule has 1 aliphatic heterocycles. The van der Waals surface area contributed by atoms with Gasteiger partial charge in [0, 0.05) is 0 Å². The van der Waals surface area contributed by atoms with Crippen LogP contribution in [-0.2, 0) is 4.74 Å². The van der Waals surface area contributed by atoms with E-state index in [1.54, 1.807) is 20.8 Å². The van der Waals surface area contributed by atoms with Crippen molar-refractivity contribution in [2.75, 3.05) is 6.54 Å². The molecule has 0 bridgehead atoms. The fourth-order valence-electron chi connectivity index (χ4n) is 2.51. The number of ether oxygens (including phenoxy) is 1. The number of nitrogens with zero attached hydrogens (tertiary/aromatic N) is 2. The molecule has 0 aliphatic carbocycles. The van der Waals surface area contributed by atoms with Gasteiger partial charge in [0.1, 0.15) is 11.4 Å². The lowest BCUT2D eigenvalue weighted by Gasteiger charge is -2.28. The topological polar surface area (TPSA) is 54.1 Å². The number of amides is 1. The summed E-state index contributed by atoms with van der Waals surface area (Å²) in [6, 6.07) is 3.46. The van der Waals surface area contributed by atoms with Gasteiger partial charge in [-0.05, 0) is 44.9 Å². The average molecular weight is 306 g/mol. The van der Waals surface area contributed by atoms with Crippen LogP contribution < -0.4 is 0 Å². The van der Waals surface area contributed by atoms with Crippen molar-refractivity contribution in [1.29, 1.82) is 0 Å². The highest BCUT2D eigenvalue weighted by molar-refractivity contribution is 5.69.